The Morgan fingerprint density at radius 1 is 1.16 bits per heavy atom. The SMILES string of the molecule is Cc1c(C(=O)N[C@H](c2cccc(F)c2)C2CC2)c2cccc(F)c2c(=O)n1N1C=CCC1. The third-order valence-electron chi connectivity index (χ3n) is 6.24. The van der Waals surface area contributed by atoms with Crippen LogP contribution in [-0.4, -0.2) is 17.1 Å². The van der Waals surface area contributed by atoms with Crippen molar-refractivity contribution in [2.24, 2.45) is 5.92 Å². The molecule has 1 aliphatic heterocycles. The number of carbonyl (C=O) groups excluding carboxylic acids is 1. The lowest BCUT2D eigenvalue weighted by Crippen LogP contribution is -2.41. The van der Waals surface area contributed by atoms with E-state index in [9.17, 15) is 18.4 Å². The first-order valence-electron chi connectivity index (χ1n) is 10.8. The summed E-state index contributed by atoms with van der Waals surface area (Å²) in [5.41, 5.74) is 0.889. The van der Waals surface area contributed by atoms with E-state index in [1.54, 1.807) is 36.3 Å². The van der Waals surface area contributed by atoms with Gasteiger partial charge in [-0.15, -0.1) is 0 Å². The Labute approximate surface area is 183 Å². The van der Waals surface area contributed by atoms with E-state index in [2.05, 4.69) is 5.32 Å². The first-order valence-corrected chi connectivity index (χ1v) is 10.8. The maximum absolute atomic E-state index is 14.8. The monoisotopic (exact) mass is 435 g/mol. The number of rotatable bonds is 5. The molecule has 1 N–H and O–H groups in total. The van der Waals surface area contributed by atoms with Crippen LogP contribution in [0.2, 0.25) is 0 Å². The highest BCUT2D eigenvalue weighted by Gasteiger charge is 2.35. The van der Waals surface area contributed by atoms with Gasteiger partial charge in [0.05, 0.1) is 22.7 Å². The van der Waals surface area contributed by atoms with Crippen molar-refractivity contribution in [3.8, 4) is 0 Å². The van der Waals surface area contributed by atoms with Crippen LogP contribution in [0.15, 0.2) is 59.5 Å². The second kappa shape index (κ2) is 7.89. The average Bonchev–Trinajstić information content (AvgIpc) is 3.46. The zero-order chi connectivity index (χ0) is 22.4. The summed E-state index contributed by atoms with van der Waals surface area (Å²) >= 11 is 0. The molecule has 2 aromatic carbocycles. The fourth-order valence-corrected chi connectivity index (χ4v) is 4.57. The molecule has 1 aromatic heterocycles. The van der Waals surface area contributed by atoms with Crippen molar-refractivity contribution >= 4 is 16.7 Å². The third-order valence-corrected chi connectivity index (χ3v) is 6.24. The first-order chi connectivity index (χ1) is 15.5. The molecule has 0 saturated heterocycles. The summed E-state index contributed by atoms with van der Waals surface area (Å²) in [6, 6.07) is 10.2. The number of carbonyl (C=O) groups is 1. The van der Waals surface area contributed by atoms with Crippen LogP contribution in [0.1, 0.15) is 46.9 Å². The third kappa shape index (κ3) is 3.47. The molecule has 2 heterocycles. The van der Waals surface area contributed by atoms with Gasteiger partial charge in [0.25, 0.3) is 11.5 Å². The van der Waals surface area contributed by atoms with Crippen molar-refractivity contribution in [3.05, 3.63) is 93.5 Å². The zero-order valence-corrected chi connectivity index (χ0v) is 17.6. The molecule has 0 unspecified atom stereocenters. The minimum Gasteiger partial charge on any atom is -0.345 e. The molecule has 0 bridgehead atoms. The van der Waals surface area contributed by atoms with Crippen molar-refractivity contribution < 1.29 is 13.6 Å². The molecule has 164 valence electrons. The lowest BCUT2D eigenvalue weighted by Gasteiger charge is -2.25. The molecule has 1 aliphatic carbocycles. The van der Waals surface area contributed by atoms with E-state index in [4.69, 9.17) is 0 Å². The molecule has 32 heavy (non-hydrogen) atoms. The molecule has 5 nitrogen and oxygen atoms in total. The predicted octanol–water partition coefficient (Wildman–Crippen LogP) is 4.32. The highest BCUT2D eigenvalue weighted by atomic mass is 19.1. The van der Waals surface area contributed by atoms with Gasteiger partial charge in [-0.2, -0.15) is 0 Å². The molecule has 7 heteroatoms. The number of halogens is 2. The number of fused-ring (bicyclic) bond motifs is 1. The minimum atomic E-state index is -0.664. The smallest absolute Gasteiger partial charge is 0.280 e. The highest BCUT2D eigenvalue weighted by Crippen LogP contribution is 2.41. The van der Waals surface area contributed by atoms with Crippen LogP contribution < -0.4 is 15.9 Å². The number of nitrogens with one attached hydrogen (secondary N) is 1. The number of benzene rings is 2. The molecule has 5 rings (SSSR count). The van der Waals surface area contributed by atoms with Crippen LogP contribution >= 0.6 is 0 Å². The Kier molecular flexibility index (Phi) is 5.04. The first kappa shape index (κ1) is 20.4. The molecule has 1 amide bonds. The fraction of sp³-hybridized carbons (Fsp3) is 0.280. The van der Waals surface area contributed by atoms with Crippen molar-refractivity contribution in [2.75, 3.05) is 11.6 Å². The van der Waals surface area contributed by atoms with Gasteiger partial charge in [-0.05, 0) is 55.9 Å². The van der Waals surface area contributed by atoms with Crippen LogP contribution in [0.25, 0.3) is 10.8 Å². The lowest BCUT2D eigenvalue weighted by atomic mass is 9.99. The Hall–Kier alpha value is -3.48. The van der Waals surface area contributed by atoms with E-state index in [-0.39, 0.29) is 34.1 Å². The maximum Gasteiger partial charge on any atom is 0.280 e. The van der Waals surface area contributed by atoms with Gasteiger partial charge < -0.3 is 5.32 Å². The molecule has 0 radical (unpaired) electrons. The number of hydrogen-bond acceptors (Lipinski definition) is 3. The Balaban J connectivity index is 1.64. The summed E-state index contributed by atoms with van der Waals surface area (Å²) in [4.78, 5) is 26.8. The number of pyridine rings is 1. The normalized spacial score (nSPS) is 16.5. The van der Waals surface area contributed by atoms with Crippen LogP contribution in [0, 0.1) is 24.5 Å². The largest absolute Gasteiger partial charge is 0.345 e. The summed E-state index contributed by atoms with van der Waals surface area (Å²) in [5, 5.41) is 4.91. The molecule has 1 atom stereocenters. The van der Waals surface area contributed by atoms with Crippen molar-refractivity contribution in [1.29, 1.82) is 0 Å². The summed E-state index contributed by atoms with van der Waals surface area (Å²) < 4.78 is 30.0. The van der Waals surface area contributed by atoms with Gasteiger partial charge in [-0.3, -0.25) is 14.6 Å². The second-order valence-corrected chi connectivity index (χ2v) is 8.42. The number of amides is 1. The molecule has 0 spiro atoms. The van der Waals surface area contributed by atoms with Gasteiger partial charge in [0.1, 0.15) is 11.6 Å². The average molecular weight is 435 g/mol. The van der Waals surface area contributed by atoms with E-state index >= 15 is 0 Å². The Bertz CT molecular complexity index is 1310. The van der Waals surface area contributed by atoms with Crippen molar-refractivity contribution in [2.45, 2.75) is 32.2 Å². The van der Waals surface area contributed by atoms with Crippen LogP contribution in [-0.2, 0) is 0 Å². The molecule has 2 aliphatic rings. The van der Waals surface area contributed by atoms with E-state index in [1.807, 2.05) is 6.08 Å². The molecule has 1 saturated carbocycles. The number of aromatic nitrogens is 1. The van der Waals surface area contributed by atoms with Crippen LogP contribution in [0.3, 0.4) is 0 Å². The minimum absolute atomic E-state index is 0.114. The van der Waals surface area contributed by atoms with Gasteiger partial charge in [0.2, 0.25) is 0 Å². The lowest BCUT2D eigenvalue weighted by molar-refractivity contribution is 0.0931. The number of hydrogen-bond donors (Lipinski definition) is 1. The van der Waals surface area contributed by atoms with Crippen LogP contribution in [0.5, 0.6) is 0 Å². The standard InChI is InChI=1S/C25H23F2N3O2/c1-15-21(24(31)28-23(16-10-11-16)17-6-4-7-18(26)14-17)19-8-5-9-20(27)22(19)25(32)30(15)29-12-2-3-13-29/h2,4-9,12,14,16,23H,3,10-11,13H2,1H3,(H,28,31)/t23-/m0/s1. The van der Waals surface area contributed by atoms with Gasteiger partial charge in [-0.1, -0.05) is 30.3 Å². The molecular formula is C25H23F2N3O2. The van der Waals surface area contributed by atoms with Crippen molar-refractivity contribution in [3.63, 3.8) is 0 Å². The van der Waals surface area contributed by atoms with Gasteiger partial charge in [0, 0.05) is 18.1 Å². The van der Waals surface area contributed by atoms with Crippen molar-refractivity contribution in [1.82, 2.24) is 9.99 Å². The summed E-state index contributed by atoms with van der Waals surface area (Å²) in [7, 11) is 0. The summed E-state index contributed by atoms with van der Waals surface area (Å²) in [5.74, 6) is -1.21. The Morgan fingerprint density at radius 2 is 1.94 bits per heavy atom. The fourth-order valence-electron chi connectivity index (χ4n) is 4.57. The van der Waals surface area contributed by atoms with E-state index in [0.717, 1.165) is 19.3 Å². The van der Waals surface area contributed by atoms with Gasteiger partial charge in [0.15, 0.2) is 0 Å². The summed E-state index contributed by atoms with van der Waals surface area (Å²) in [6.07, 6.45) is 6.32. The summed E-state index contributed by atoms with van der Waals surface area (Å²) in [6.45, 7) is 2.26. The second-order valence-electron chi connectivity index (χ2n) is 8.42. The Morgan fingerprint density at radius 3 is 2.62 bits per heavy atom. The molecular weight excluding hydrogens is 412 g/mol. The maximum atomic E-state index is 14.8. The molecule has 1 fully saturated rings. The number of nitrogens with zero attached hydrogens (tertiary/aromatic N) is 2. The van der Waals surface area contributed by atoms with Gasteiger partial charge in [-0.25, -0.2) is 13.5 Å². The predicted molar refractivity (Wildman–Crippen MR) is 119 cm³/mol. The van der Waals surface area contributed by atoms with Gasteiger partial charge >= 0.3 is 0 Å². The molecule has 3 aromatic rings. The highest BCUT2D eigenvalue weighted by molar-refractivity contribution is 6.08. The van der Waals surface area contributed by atoms with Crippen LogP contribution in [0.4, 0.5) is 8.78 Å². The topological polar surface area (TPSA) is 54.3 Å². The van der Waals surface area contributed by atoms with E-state index in [0.29, 0.717) is 17.8 Å². The van der Waals surface area contributed by atoms with E-state index in [1.165, 1.54) is 28.9 Å². The van der Waals surface area contributed by atoms with E-state index < -0.39 is 17.3 Å². The zero-order valence-electron chi connectivity index (χ0n) is 17.6. The quantitative estimate of drug-likeness (QED) is 0.649.